The molecule has 22 heavy (non-hydrogen) atoms. The lowest BCUT2D eigenvalue weighted by atomic mass is 10.1. The first-order valence-electron chi connectivity index (χ1n) is 7.41. The van der Waals surface area contributed by atoms with Gasteiger partial charge in [-0.05, 0) is 36.6 Å². The van der Waals surface area contributed by atoms with Crippen molar-refractivity contribution in [2.24, 2.45) is 0 Å². The molecule has 0 atom stereocenters. The van der Waals surface area contributed by atoms with Crippen molar-refractivity contribution in [1.29, 1.82) is 0 Å². The van der Waals surface area contributed by atoms with Crippen LogP contribution in [0.2, 0.25) is 0 Å². The van der Waals surface area contributed by atoms with Crippen molar-refractivity contribution >= 4 is 5.91 Å². The van der Waals surface area contributed by atoms with Gasteiger partial charge in [0.05, 0.1) is 6.42 Å². The molecule has 1 amide bonds. The van der Waals surface area contributed by atoms with Gasteiger partial charge in [-0.25, -0.2) is 0 Å². The summed E-state index contributed by atoms with van der Waals surface area (Å²) >= 11 is 0. The molecule has 0 saturated carbocycles. The Hall–Kier alpha value is -2.49. The Balaban J connectivity index is 1.46. The summed E-state index contributed by atoms with van der Waals surface area (Å²) < 4.78 is 10.6. The van der Waals surface area contributed by atoms with Crippen molar-refractivity contribution in [3.63, 3.8) is 0 Å². The lowest BCUT2D eigenvalue weighted by Crippen LogP contribution is -2.27. The van der Waals surface area contributed by atoms with E-state index >= 15 is 0 Å². The average Bonchev–Trinajstić information content (AvgIpc) is 2.97. The standard InChI is InChI=1S/C18H19NO3/c1-13-2-4-14(5-3-13)11-18(20)19-9-8-15-6-7-16-17(10-15)22-12-21-16/h2-7,10H,8-9,11-12H2,1H3,(H,19,20). The minimum absolute atomic E-state index is 0.0459. The Morgan fingerprint density at radius 1 is 1.05 bits per heavy atom. The first-order chi connectivity index (χ1) is 10.7. The number of amides is 1. The summed E-state index contributed by atoms with van der Waals surface area (Å²) in [6, 6.07) is 13.9. The fraction of sp³-hybridized carbons (Fsp3) is 0.278. The van der Waals surface area contributed by atoms with E-state index in [-0.39, 0.29) is 12.7 Å². The monoisotopic (exact) mass is 297 g/mol. The van der Waals surface area contributed by atoms with Gasteiger partial charge in [0.2, 0.25) is 12.7 Å². The number of hydrogen-bond donors (Lipinski definition) is 1. The molecule has 0 aliphatic carbocycles. The van der Waals surface area contributed by atoms with E-state index in [0.29, 0.717) is 13.0 Å². The predicted octanol–water partition coefficient (Wildman–Crippen LogP) is 2.63. The van der Waals surface area contributed by atoms with Crippen LogP contribution in [0.3, 0.4) is 0 Å². The molecule has 0 fully saturated rings. The molecule has 1 aliphatic heterocycles. The van der Waals surface area contributed by atoms with Gasteiger partial charge in [0.1, 0.15) is 0 Å². The minimum Gasteiger partial charge on any atom is -0.454 e. The molecule has 1 heterocycles. The third-order valence-corrected chi connectivity index (χ3v) is 3.66. The molecule has 0 spiro atoms. The van der Waals surface area contributed by atoms with Crippen LogP contribution in [0.1, 0.15) is 16.7 Å². The first kappa shape index (κ1) is 14.4. The molecule has 0 unspecified atom stereocenters. The molecule has 0 bridgehead atoms. The Morgan fingerprint density at radius 3 is 2.59 bits per heavy atom. The zero-order valence-electron chi connectivity index (χ0n) is 12.6. The van der Waals surface area contributed by atoms with Crippen LogP contribution >= 0.6 is 0 Å². The third-order valence-electron chi connectivity index (χ3n) is 3.66. The lowest BCUT2D eigenvalue weighted by Gasteiger charge is -2.06. The summed E-state index contributed by atoms with van der Waals surface area (Å²) in [7, 11) is 0. The van der Waals surface area contributed by atoms with Crippen molar-refractivity contribution in [2.45, 2.75) is 19.8 Å². The maximum absolute atomic E-state index is 11.9. The molecular weight excluding hydrogens is 278 g/mol. The molecule has 2 aromatic carbocycles. The number of nitrogens with one attached hydrogen (secondary N) is 1. The molecule has 0 radical (unpaired) electrons. The van der Waals surface area contributed by atoms with Crippen LogP contribution in [-0.2, 0) is 17.6 Å². The summed E-state index contributed by atoms with van der Waals surface area (Å²) in [6.07, 6.45) is 1.19. The van der Waals surface area contributed by atoms with Crippen molar-refractivity contribution in [1.82, 2.24) is 5.32 Å². The van der Waals surface area contributed by atoms with Gasteiger partial charge in [0.25, 0.3) is 0 Å². The van der Waals surface area contributed by atoms with E-state index in [1.165, 1.54) is 5.56 Å². The molecule has 114 valence electrons. The molecule has 1 aliphatic rings. The Morgan fingerprint density at radius 2 is 1.77 bits per heavy atom. The van der Waals surface area contributed by atoms with Gasteiger partial charge >= 0.3 is 0 Å². The molecular formula is C18H19NO3. The minimum atomic E-state index is 0.0459. The molecule has 4 heteroatoms. The highest BCUT2D eigenvalue weighted by molar-refractivity contribution is 5.78. The zero-order chi connectivity index (χ0) is 15.4. The normalized spacial score (nSPS) is 12.2. The molecule has 3 rings (SSSR count). The first-order valence-corrected chi connectivity index (χ1v) is 7.41. The largest absolute Gasteiger partial charge is 0.454 e. The number of rotatable bonds is 5. The Bertz CT molecular complexity index is 665. The quantitative estimate of drug-likeness (QED) is 0.923. The summed E-state index contributed by atoms with van der Waals surface area (Å²) in [6.45, 7) is 2.94. The number of carbonyl (C=O) groups excluding carboxylic acids is 1. The third kappa shape index (κ3) is 3.58. The molecule has 2 aromatic rings. The van der Waals surface area contributed by atoms with Gasteiger partial charge in [-0.1, -0.05) is 35.9 Å². The second kappa shape index (κ2) is 6.52. The summed E-state index contributed by atoms with van der Waals surface area (Å²) in [4.78, 5) is 11.9. The van der Waals surface area contributed by atoms with Crippen molar-refractivity contribution in [2.75, 3.05) is 13.3 Å². The van der Waals surface area contributed by atoms with Crippen LogP contribution < -0.4 is 14.8 Å². The average molecular weight is 297 g/mol. The Kier molecular flexibility index (Phi) is 4.28. The van der Waals surface area contributed by atoms with Gasteiger partial charge in [0, 0.05) is 6.54 Å². The van der Waals surface area contributed by atoms with Crippen LogP contribution in [0.4, 0.5) is 0 Å². The van der Waals surface area contributed by atoms with E-state index < -0.39 is 0 Å². The predicted molar refractivity (Wildman–Crippen MR) is 84.2 cm³/mol. The van der Waals surface area contributed by atoms with E-state index in [0.717, 1.165) is 29.0 Å². The Labute approximate surface area is 130 Å². The number of aryl methyl sites for hydroxylation is 1. The van der Waals surface area contributed by atoms with Gasteiger partial charge in [-0.2, -0.15) is 0 Å². The zero-order valence-corrected chi connectivity index (χ0v) is 12.6. The topological polar surface area (TPSA) is 47.6 Å². The molecule has 0 aromatic heterocycles. The van der Waals surface area contributed by atoms with Gasteiger partial charge in [0.15, 0.2) is 11.5 Å². The van der Waals surface area contributed by atoms with Crippen LogP contribution in [0, 0.1) is 6.92 Å². The number of benzene rings is 2. The van der Waals surface area contributed by atoms with Crippen molar-refractivity contribution in [3.05, 3.63) is 59.2 Å². The van der Waals surface area contributed by atoms with Gasteiger partial charge in [-0.15, -0.1) is 0 Å². The maximum atomic E-state index is 11.9. The van der Waals surface area contributed by atoms with E-state index in [1.807, 2.05) is 49.4 Å². The van der Waals surface area contributed by atoms with Crippen LogP contribution in [0.25, 0.3) is 0 Å². The van der Waals surface area contributed by atoms with Crippen molar-refractivity contribution in [3.8, 4) is 11.5 Å². The summed E-state index contributed by atoms with van der Waals surface area (Å²) in [5.74, 6) is 1.61. The van der Waals surface area contributed by atoms with Crippen LogP contribution in [0.5, 0.6) is 11.5 Å². The lowest BCUT2D eigenvalue weighted by molar-refractivity contribution is -0.120. The number of fused-ring (bicyclic) bond motifs is 1. The highest BCUT2D eigenvalue weighted by Gasteiger charge is 2.13. The fourth-order valence-corrected chi connectivity index (χ4v) is 2.40. The van der Waals surface area contributed by atoms with Gasteiger partial charge < -0.3 is 14.8 Å². The number of hydrogen-bond acceptors (Lipinski definition) is 3. The number of carbonyl (C=O) groups is 1. The maximum Gasteiger partial charge on any atom is 0.231 e. The molecule has 0 saturated heterocycles. The van der Waals surface area contributed by atoms with Crippen molar-refractivity contribution < 1.29 is 14.3 Å². The highest BCUT2D eigenvalue weighted by atomic mass is 16.7. The van der Waals surface area contributed by atoms with E-state index in [2.05, 4.69) is 5.32 Å². The van der Waals surface area contributed by atoms with Gasteiger partial charge in [-0.3, -0.25) is 4.79 Å². The van der Waals surface area contributed by atoms with E-state index in [4.69, 9.17) is 9.47 Å². The smallest absolute Gasteiger partial charge is 0.231 e. The number of ether oxygens (including phenoxy) is 2. The van der Waals surface area contributed by atoms with Crippen LogP contribution in [0.15, 0.2) is 42.5 Å². The second-order valence-electron chi connectivity index (χ2n) is 5.45. The molecule has 4 nitrogen and oxygen atoms in total. The summed E-state index contributed by atoms with van der Waals surface area (Å²) in [5.41, 5.74) is 3.36. The fourth-order valence-electron chi connectivity index (χ4n) is 2.40. The van der Waals surface area contributed by atoms with Crippen LogP contribution in [-0.4, -0.2) is 19.2 Å². The second-order valence-corrected chi connectivity index (χ2v) is 5.45. The van der Waals surface area contributed by atoms with E-state index in [9.17, 15) is 4.79 Å². The highest BCUT2D eigenvalue weighted by Crippen LogP contribution is 2.32. The van der Waals surface area contributed by atoms with E-state index in [1.54, 1.807) is 0 Å². The SMILES string of the molecule is Cc1ccc(CC(=O)NCCc2ccc3c(c2)OCO3)cc1. The summed E-state index contributed by atoms with van der Waals surface area (Å²) in [5, 5.41) is 2.95. The molecule has 1 N–H and O–H groups in total.